The van der Waals surface area contributed by atoms with Crippen LogP contribution in [0.25, 0.3) is 5.52 Å². The summed E-state index contributed by atoms with van der Waals surface area (Å²) in [6.45, 7) is 1.55. The fourth-order valence-electron chi connectivity index (χ4n) is 2.07. The van der Waals surface area contributed by atoms with Crippen LogP contribution in [-0.2, 0) is 33.5 Å². The van der Waals surface area contributed by atoms with Gasteiger partial charge in [0.1, 0.15) is 18.2 Å². The molecule has 0 amide bonds. The Morgan fingerprint density at radius 2 is 1.85 bits per heavy atom. The zero-order chi connectivity index (χ0) is 20.5. The van der Waals surface area contributed by atoms with Crippen LogP contribution in [0, 0.1) is 0 Å². The van der Waals surface area contributed by atoms with E-state index >= 15 is 0 Å². The molecule has 0 aliphatic rings. The molecule has 2 aromatic rings. The molecule has 3 atom stereocenters. The minimum atomic E-state index is -5.48. The molecule has 0 aliphatic carbocycles. The summed E-state index contributed by atoms with van der Waals surface area (Å²) < 4.78 is 47.6. The molecule has 3 unspecified atom stereocenters. The van der Waals surface area contributed by atoms with Gasteiger partial charge in [-0.2, -0.15) is 9.41 Å². The maximum absolute atomic E-state index is 11.8. The first-order chi connectivity index (χ1) is 12.3. The van der Waals surface area contributed by atoms with Crippen LogP contribution in [0.4, 0.5) is 5.82 Å². The molecule has 2 heterocycles. The molecule has 0 aromatic carbocycles. The lowest BCUT2D eigenvalue weighted by Gasteiger charge is -2.18. The molecule has 14 nitrogen and oxygen atoms in total. The summed E-state index contributed by atoms with van der Waals surface area (Å²) in [5, 5.41) is 4.03. The van der Waals surface area contributed by atoms with Gasteiger partial charge >= 0.3 is 23.2 Å². The number of phosphoric acid groups is 2. The Hall–Kier alpha value is -1.17. The van der Waals surface area contributed by atoms with E-state index < -0.39 is 35.7 Å². The summed E-state index contributed by atoms with van der Waals surface area (Å²) in [6, 6.07) is 3.38. The number of hydrogen-bond donors (Lipinski definition) is 5. The van der Waals surface area contributed by atoms with Crippen LogP contribution in [0.5, 0.6) is 0 Å². The highest BCUT2D eigenvalue weighted by Gasteiger charge is 2.39. The average molecular weight is 446 g/mol. The molecular formula is C10H17N4O10P3. The molecule has 17 heteroatoms. The second-order valence-electron chi connectivity index (χ2n) is 5.34. The highest BCUT2D eigenvalue weighted by Crippen LogP contribution is 2.65. The Balaban J connectivity index is 1.96. The van der Waals surface area contributed by atoms with Gasteiger partial charge in [0.05, 0.1) is 6.10 Å². The van der Waals surface area contributed by atoms with E-state index in [-0.39, 0.29) is 12.2 Å². The fraction of sp³-hybridized carbons (Fsp3) is 0.400. The van der Waals surface area contributed by atoms with Crippen LogP contribution in [0.2, 0.25) is 0 Å². The van der Waals surface area contributed by atoms with Gasteiger partial charge < -0.3 is 30.0 Å². The van der Waals surface area contributed by atoms with Gasteiger partial charge in [0.2, 0.25) is 0 Å². The maximum Gasteiger partial charge on any atom is 0.488 e. The van der Waals surface area contributed by atoms with Gasteiger partial charge in [0.15, 0.2) is 5.82 Å². The van der Waals surface area contributed by atoms with Gasteiger partial charge in [0, 0.05) is 12.1 Å². The Morgan fingerprint density at radius 3 is 2.48 bits per heavy atom. The maximum atomic E-state index is 11.8. The van der Waals surface area contributed by atoms with Gasteiger partial charge in [-0.3, -0.25) is 4.57 Å². The SMILES string of the molecule is CC(Cc1ccc2c(N)ncnn12)OCP(=O)(O)OP(=O)(O)OP(=O)(O)O. The van der Waals surface area contributed by atoms with Gasteiger partial charge in [-0.05, 0) is 19.1 Å². The Kier molecular flexibility index (Phi) is 6.60. The number of aromatic nitrogens is 3. The molecule has 2 rings (SSSR count). The number of fused-ring (bicyclic) bond motifs is 1. The molecule has 152 valence electrons. The van der Waals surface area contributed by atoms with Crippen molar-refractivity contribution in [2.45, 2.75) is 19.4 Å². The van der Waals surface area contributed by atoms with Crippen molar-refractivity contribution >= 4 is 34.6 Å². The van der Waals surface area contributed by atoms with Crippen LogP contribution < -0.4 is 5.73 Å². The highest BCUT2D eigenvalue weighted by molar-refractivity contribution is 7.68. The summed E-state index contributed by atoms with van der Waals surface area (Å²) >= 11 is 0. The number of ether oxygens (including phenoxy) is 1. The van der Waals surface area contributed by atoms with Gasteiger partial charge in [-0.25, -0.2) is 22.9 Å². The van der Waals surface area contributed by atoms with Gasteiger partial charge in [-0.1, -0.05) is 0 Å². The standard InChI is InChI=1S/C10H17N4O10P3/c1-7(4-8-2-3-9-10(11)12-5-13-14(8)9)22-6-25(15,16)23-27(20,21)24-26(17,18)19/h2-3,5,7H,4,6H2,1H3,(H,15,16)(H,20,21)(H2,11,12,13)(H2,17,18,19). The largest absolute Gasteiger partial charge is 0.488 e. The van der Waals surface area contributed by atoms with E-state index in [4.69, 9.17) is 25.2 Å². The summed E-state index contributed by atoms with van der Waals surface area (Å²) in [5.41, 5.74) is 6.92. The van der Waals surface area contributed by atoms with E-state index in [9.17, 15) is 18.6 Å². The first-order valence-electron chi connectivity index (χ1n) is 7.09. The second kappa shape index (κ2) is 8.06. The zero-order valence-electron chi connectivity index (χ0n) is 13.7. The van der Waals surface area contributed by atoms with Crippen molar-refractivity contribution in [3.8, 4) is 0 Å². The van der Waals surface area contributed by atoms with E-state index in [2.05, 4.69) is 18.7 Å². The van der Waals surface area contributed by atoms with Gasteiger partial charge in [0.25, 0.3) is 0 Å². The van der Waals surface area contributed by atoms with Gasteiger partial charge in [-0.15, -0.1) is 0 Å². The zero-order valence-corrected chi connectivity index (χ0v) is 16.4. The topological polar surface area (TPSA) is 216 Å². The third-order valence-electron chi connectivity index (χ3n) is 3.02. The summed E-state index contributed by atoms with van der Waals surface area (Å²) in [6.07, 6.45) is -0.207. The van der Waals surface area contributed by atoms with E-state index in [1.54, 1.807) is 19.1 Å². The van der Waals surface area contributed by atoms with Crippen molar-refractivity contribution in [3.05, 3.63) is 24.2 Å². The minimum Gasteiger partial charge on any atom is -0.382 e. The van der Waals surface area contributed by atoms with Crippen molar-refractivity contribution < 1.29 is 46.6 Å². The Morgan fingerprint density at radius 1 is 1.19 bits per heavy atom. The quantitative estimate of drug-likeness (QED) is 0.334. The van der Waals surface area contributed by atoms with Crippen molar-refractivity contribution in [3.63, 3.8) is 0 Å². The average Bonchev–Trinajstić information content (AvgIpc) is 2.86. The molecule has 6 N–H and O–H groups in total. The lowest BCUT2D eigenvalue weighted by Crippen LogP contribution is -2.15. The summed E-state index contributed by atoms with van der Waals surface area (Å²) in [7, 11) is -15.8. The molecule has 0 aliphatic heterocycles. The van der Waals surface area contributed by atoms with Crippen molar-refractivity contribution in [2.75, 3.05) is 12.1 Å². The van der Waals surface area contributed by atoms with E-state index in [0.29, 0.717) is 11.2 Å². The molecule has 0 fully saturated rings. The van der Waals surface area contributed by atoms with Crippen molar-refractivity contribution in [1.82, 2.24) is 14.6 Å². The lowest BCUT2D eigenvalue weighted by atomic mass is 10.2. The van der Waals surface area contributed by atoms with Crippen molar-refractivity contribution in [1.29, 1.82) is 0 Å². The molecule has 0 radical (unpaired) electrons. The third-order valence-corrected chi connectivity index (χ3v) is 7.02. The molecule has 0 spiro atoms. The van der Waals surface area contributed by atoms with E-state index in [1.807, 2.05) is 0 Å². The van der Waals surface area contributed by atoms with Crippen LogP contribution >= 0.6 is 23.2 Å². The van der Waals surface area contributed by atoms with Crippen LogP contribution in [-0.4, -0.2) is 46.6 Å². The smallest absolute Gasteiger partial charge is 0.382 e. The van der Waals surface area contributed by atoms with E-state index in [1.165, 1.54) is 10.8 Å². The van der Waals surface area contributed by atoms with Crippen molar-refractivity contribution in [2.24, 2.45) is 0 Å². The van der Waals surface area contributed by atoms with Crippen LogP contribution in [0.15, 0.2) is 18.5 Å². The second-order valence-corrected chi connectivity index (χ2v) is 10.1. The third kappa shape index (κ3) is 6.74. The lowest BCUT2D eigenvalue weighted by molar-refractivity contribution is 0.0867. The number of nitrogens with zero attached hydrogens (tertiary/aromatic N) is 3. The molecule has 0 saturated carbocycles. The summed E-state index contributed by atoms with van der Waals surface area (Å²) in [5.74, 6) is 0.266. The number of nitrogen functional groups attached to an aromatic ring is 1. The first kappa shape index (κ1) is 22.1. The molecule has 27 heavy (non-hydrogen) atoms. The highest BCUT2D eigenvalue weighted by atomic mass is 31.3. The number of anilines is 1. The van der Waals surface area contributed by atoms with Crippen LogP contribution in [0.1, 0.15) is 12.6 Å². The normalized spacial score (nSPS) is 18.1. The monoisotopic (exact) mass is 446 g/mol. The number of hydrogen-bond acceptors (Lipinski definition) is 9. The molecule has 2 aromatic heterocycles. The van der Waals surface area contributed by atoms with Crippen LogP contribution in [0.3, 0.4) is 0 Å². The van der Waals surface area contributed by atoms with E-state index in [0.717, 1.165) is 0 Å². The number of rotatable bonds is 9. The molecule has 0 saturated heterocycles. The first-order valence-corrected chi connectivity index (χ1v) is 11.9. The number of nitrogens with two attached hydrogens (primary N) is 1. The predicted molar refractivity (Wildman–Crippen MR) is 90.4 cm³/mol. The Bertz CT molecular complexity index is 958. The fourth-order valence-corrected chi connectivity index (χ4v) is 5.45. The Labute approximate surface area is 152 Å². The molecule has 0 bridgehead atoms. The predicted octanol–water partition coefficient (Wildman–Crippen LogP) is 0.628. The summed E-state index contributed by atoms with van der Waals surface area (Å²) in [4.78, 5) is 39.4. The minimum absolute atomic E-state index is 0.223. The molecular weight excluding hydrogens is 429 g/mol.